The summed E-state index contributed by atoms with van der Waals surface area (Å²) in [5.74, 6) is 0.520. The SMILES string of the molecule is CC(C)(C)OC(=O)Nc1ccccc1[C@H](Cc1ccccc1)C(C)(C)C.CC(C)(C)OC(=O)Nc1ccccc1[C@H](Cc1ccccc1)C(C)(C)C. The standard InChI is InChI=1S/2C23H31NO2/c2*1-22(2,3)19(16-17-12-8-7-9-13-17)18-14-10-11-15-20(18)24-21(25)26-23(4,5)6/h2*7-15,19H,16H2,1-6H3,(H,24,25)/t2*19-/m00/s1. The van der Waals surface area contributed by atoms with E-state index in [0.29, 0.717) is 0 Å². The number of hydrogen-bond acceptors (Lipinski definition) is 4. The first-order chi connectivity index (χ1) is 24.1. The molecule has 0 radical (unpaired) electrons. The lowest BCUT2D eigenvalue weighted by Crippen LogP contribution is -2.28. The maximum Gasteiger partial charge on any atom is 0.412 e. The lowest BCUT2D eigenvalue weighted by atomic mass is 9.73. The van der Waals surface area contributed by atoms with E-state index in [1.165, 1.54) is 11.1 Å². The van der Waals surface area contributed by atoms with E-state index in [2.05, 4.69) is 113 Å². The van der Waals surface area contributed by atoms with Crippen molar-refractivity contribution in [1.82, 2.24) is 0 Å². The molecule has 280 valence electrons. The van der Waals surface area contributed by atoms with Crippen LogP contribution in [0.2, 0.25) is 0 Å². The van der Waals surface area contributed by atoms with Crippen molar-refractivity contribution in [2.24, 2.45) is 10.8 Å². The van der Waals surface area contributed by atoms with Crippen LogP contribution in [-0.4, -0.2) is 23.4 Å². The van der Waals surface area contributed by atoms with Crippen LogP contribution in [0.4, 0.5) is 21.0 Å². The van der Waals surface area contributed by atoms with Crippen LogP contribution in [0.5, 0.6) is 0 Å². The molecule has 6 nitrogen and oxygen atoms in total. The monoisotopic (exact) mass is 706 g/mol. The topological polar surface area (TPSA) is 76.7 Å². The predicted octanol–water partition coefficient (Wildman–Crippen LogP) is 12.8. The zero-order chi connectivity index (χ0) is 38.7. The molecule has 0 spiro atoms. The van der Waals surface area contributed by atoms with Gasteiger partial charge in [-0.2, -0.15) is 0 Å². The third kappa shape index (κ3) is 14.2. The summed E-state index contributed by atoms with van der Waals surface area (Å²) >= 11 is 0. The first kappa shape index (κ1) is 41.8. The second-order valence-corrected chi connectivity index (χ2v) is 17.6. The van der Waals surface area contributed by atoms with Gasteiger partial charge in [0.15, 0.2) is 0 Å². The van der Waals surface area contributed by atoms with Crippen molar-refractivity contribution in [3.8, 4) is 0 Å². The molecule has 0 saturated carbocycles. The van der Waals surface area contributed by atoms with E-state index in [-0.39, 0.29) is 22.7 Å². The summed E-state index contributed by atoms with van der Waals surface area (Å²) < 4.78 is 10.9. The molecule has 0 aliphatic rings. The van der Waals surface area contributed by atoms with Crippen LogP contribution in [0, 0.1) is 10.8 Å². The summed E-state index contributed by atoms with van der Waals surface area (Å²) in [4.78, 5) is 24.6. The number of para-hydroxylation sites is 2. The van der Waals surface area contributed by atoms with E-state index in [9.17, 15) is 9.59 Å². The minimum absolute atomic E-state index is 0.0432. The molecule has 0 bridgehead atoms. The molecule has 0 saturated heterocycles. The van der Waals surface area contributed by atoms with Crippen molar-refractivity contribution in [3.05, 3.63) is 131 Å². The summed E-state index contributed by atoms with van der Waals surface area (Å²) in [5.41, 5.74) is 5.53. The molecule has 4 aromatic carbocycles. The molecule has 2 amide bonds. The molecular formula is C46H62N2O4. The van der Waals surface area contributed by atoms with E-state index in [0.717, 1.165) is 35.3 Å². The Bertz CT molecular complexity index is 1580. The fourth-order valence-corrected chi connectivity index (χ4v) is 6.12. The third-order valence-electron chi connectivity index (χ3n) is 8.60. The van der Waals surface area contributed by atoms with Gasteiger partial charge in [0, 0.05) is 11.4 Å². The molecule has 0 heterocycles. The van der Waals surface area contributed by atoms with Crippen molar-refractivity contribution >= 4 is 23.6 Å². The molecule has 4 aromatic rings. The number of anilines is 2. The Morgan fingerprint density at radius 2 is 0.750 bits per heavy atom. The summed E-state index contributed by atoms with van der Waals surface area (Å²) in [7, 11) is 0. The van der Waals surface area contributed by atoms with Gasteiger partial charge in [-0.15, -0.1) is 0 Å². The van der Waals surface area contributed by atoms with E-state index < -0.39 is 23.4 Å². The minimum Gasteiger partial charge on any atom is -0.444 e. The van der Waals surface area contributed by atoms with Crippen molar-refractivity contribution in [1.29, 1.82) is 0 Å². The van der Waals surface area contributed by atoms with Gasteiger partial charge < -0.3 is 9.47 Å². The first-order valence-corrected chi connectivity index (χ1v) is 18.4. The number of carbonyl (C=O) groups is 2. The molecule has 52 heavy (non-hydrogen) atoms. The Hall–Kier alpha value is -4.58. The van der Waals surface area contributed by atoms with Crippen LogP contribution in [0.15, 0.2) is 109 Å². The van der Waals surface area contributed by atoms with Gasteiger partial charge in [-0.3, -0.25) is 10.6 Å². The van der Waals surface area contributed by atoms with E-state index in [4.69, 9.17) is 9.47 Å². The first-order valence-electron chi connectivity index (χ1n) is 18.4. The Labute approximate surface area is 313 Å². The van der Waals surface area contributed by atoms with E-state index in [1.54, 1.807) is 0 Å². The van der Waals surface area contributed by atoms with Gasteiger partial charge in [-0.05, 0) is 111 Å². The Morgan fingerprint density at radius 1 is 0.462 bits per heavy atom. The van der Waals surface area contributed by atoms with Crippen molar-refractivity contribution < 1.29 is 19.1 Å². The number of hydrogen-bond donors (Lipinski definition) is 2. The number of rotatable bonds is 8. The average Bonchev–Trinajstić information content (AvgIpc) is 3.02. The van der Waals surface area contributed by atoms with Crippen LogP contribution in [0.1, 0.15) is 117 Å². The fourth-order valence-electron chi connectivity index (χ4n) is 6.12. The predicted molar refractivity (Wildman–Crippen MR) is 217 cm³/mol. The van der Waals surface area contributed by atoms with Crippen LogP contribution in [-0.2, 0) is 22.3 Å². The van der Waals surface area contributed by atoms with Gasteiger partial charge in [-0.25, -0.2) is 9.59 Å². The van der Waals surface area contributed by atoms with Gasteiger partial charge in [0.25, 0.3) is 0 Å². The van der Waals surface area contributed by atoms with Crippen LogP contribution >= 0.6 is 0 Å². The van der Waals surface area contributed by atoms with Gasteiger partial charge in [0.2, 0.25) is 0 Å². The van der Waals surface area contributed by atoms with Crippen LogP contribution in [0.25, 0.3) is 0 Å². The lowest BCUT2D eigenvalue weighted by Gasteiger charge is -2.33. The number of amides is 2. The van der Waals surface area contributed by atoms with Gasteiger partial charge in [0.05, 0.1) is 0 Å². The largest absolute Gasteiger partial charge is 0.444 e. The molecule has 6 heteroatoms. The highest BCUT2D eigenvalue weighted by molar-refractivity contribution is 5.86. The van der Waals surface area contributed by atoms with Gasteiger partial charge in [0.1, 0.15) is 11.2 Å². The molecule has 0 aromatic heterocycles. The number of benzene rings is 4. The van der Waals surface area contributed by atoms with E-state index in [1.807, 2.05) is 90.1 Å². The highest BCUT2D eigenvalue weighted by atomic mass is 16.6. The second kappa shape index (κ2) is 17.8. The molecule has 2 atom stereocenters. The lowest BCUT2D eigenvalue weighted by molar-refractivity contribution is 0.0624. The highest BCUT2D eigenvalue weighted by Crippen LogP contribution is 2.42. The van der Waals surface area contributed by atoms with E-state index >= 15 is 0 Å². The van der Waals surface area contributed by atoms with Crippen molar-refractivity contribution in [2.45, 2.75) is 119 Å². The number of ether oxygens (including phenoxy) is 2. The zero-order valence-electron chi connectivity index (χ0n) is 33.6. The van der Waals surface area contributed by atoms with Crippen molar-refractivity contribution in [2.75, 3.05) is 10.6 Å². The highest BCUT2D eigenvalue weighted by Gasteiger charge is 2.30. The van der Waals surface area contributed by atoms with Crippen LogP contribution < -0.4 is 10.6 Å². The molecular weight excluding hydrogens is 645 g/mol. The normalized spacial score (nSPS) is 13.2. The Balaban J connectivity index is 0.000000280. The molecule has 2 N–H and O–H groups in total. The third-order valence-corrected chi connectivity index (χ3v) is 8.60. The summed E-state index contributed by atoms with van der Waals surface area (Å²) in [6.07, 6.45) is 0.990. The second-order valence-electron chi connectivity index (χ2n) is 17.6. The van der Waals surface area contributed by atoms with Crippen LogP contribution in [0.3, 0.4) is 0 Å². The molecule has 0 unspecified atom stereocenters. The quantitative estimate of drug-likeness (QED) is 0.191. The fraction of sp³-hybridized carbons (Fsp3) is 0.435. The molecule has 0 fully saturated rings. The Morgan fingerprint density at radius 3 is 1.04 bits per heavy atom. The smallest absolute Gasteiger partial charge is 0.412 e. The number of nitrogens with one attached hydrogen (secondary N) is 2. The molecule has 4 rings (SSSR count). The maximum absolute atomic E-state index is 12.3. The summed E-state index contributed by atoms with van der Waals surface area (Å²) in [5, 5.41) is 5.89. The molecule has 0 aliphatic heterocycles. The van der Waals surface area contributed by atoms with Crippen molar-refractivity contribution in [3.63, 3.8) is 0 Å². The van der Waals surface area contributed by atoms with Gasteiger partial charge >= 0.3 is 12.2 Å². The van der Waals surface area contributed by atoms with Gasteiger partial charge in [-0.1, -0.05) is 139 Å². The number of carbonyl (C=O) groups excluding carboxylic acids is 2. The Kier molecular flexibility index (Phi) is 14.3. The molecule has 0 aliphatic carbocycles. The average molecular weight is 707 g/mol. The summed E-state index contributed by atoms with van der Waals surface area (Å²) in [6, 6.07) is 37.0. The minimum atomic E-state index is -0.521. The zero-order valence-corrected chi connectivity index (χ0v) is 33.6. The maximum atomic E-state index is 12.3. The summed E-state index contributed by atoms with van der Waals surface area (Å²) in [6.45, 7) is 24.6.